The summed E-state index contributed by atoms with van der Waals surface area (Å²) >= 11 is 6.97. The highest BCUT2D eigenvalue weighted by Gasteiger charge is 2.01. The summed E-state index contributed by atoms with van der Waals surface area (Å²) in [6.07, 6.45) is 3.71. The summed E-state index contributed by atoms with van der Waals surface area (Å²) in [5.41, 5.74) is 2.68. The molecule has 0 aliphatic heterocycles. The van der Waals surface area contributed by atoms with Crippen molar-refractivity contribution in [2.45, 2.75) is 20.2 Å². The molecule has 3 rings (SSSR count). The van der Waals surface area contributed by atoms with Gasteiger partial charge in [-0.1, -0.05) is 47.8 Å². The van der Waals surface area contributed by atoms with Gasteiger partial charge in [0.15, 0.2) is 0 Å². The van der Waals surface area contributed by atoms with Crippen molar-refractivity contribution in [3.63, 3.8) is 0 Å². The number of thiazole rings is 2. The third kappa shape index (κ3) is 4.09. The van der Waals surface area contributed by atoms with Crippen LogP contribution >= 0.6 is 46.2 Å². The Bertz CT molecular complexity index is 561. The highest BCUT2D eigenvalue weighted by Crippen LogP contribution is 2.26. The Morgan fingerprint density at radius 3 is 1.55 bits per heavy atom. The number of rotatable bonds is 6. The van der Waals surface area contributed by atoms with Crippen molar-refractivity contribution in [2.75, 3.05) is 0 Å². The minimum absolute atomic E-state index is 0.980. The van der Waals surface area contributed by atoms with E-state index >= 15 is 0 Å². The second-order valence-electron chi connectivity index (χ2n) is 3.99. The largest absolute Gasteiger partial charge is 0.238 e. The fourth-order valence-corrected chi connectivity index (χ4v) is 4.77. The number of aromatic nitrogens is 2. The molecule has 0 saturated heterocycles. The van der Waals surface area contributed by atoms with Crippen molar-refractivity contribution < 1.29 is 0 Å². The first kappa shape index (κ1) is 14.1. The molecule has 102 valence electrons. The van der Waals surface area contributed by atoms with E-state index in [4.69, 9.17) is 0 Å². The lowest BCUT2D eigenvalue weighted by Crippen LogP contribution is -1.84. The predicted octanol–water partition coefficient (Wildman–Crippen LogP) is 5.18. The molecular formula is C14H12N2S4. The number of hydrogen-bond donors (Lipinski definition) is 0. The molecule has 0 unspecified atom stereocenters. The molecule has 0 amide bonds. The highest BCUT2D eigenvalue weighted by molar-refractivity contribution is 8.00. The molecule has 0 aliphatic carbocycles. The Morgan fingerprint density at radius 2 is 1.20 bits per heavy atom. The second-order valence-corrected chi connectivity index (χ2v) is 8.22. The van der Waals surface area contributed by atoms with Crippen molar-refractivity contribution >= 4 is 46.2 Å². The van der Waals surface area contributed by atoms with Crippen molar-refractivity contribution in [2.24, 2.45) is 0 Å². The van der Waals surface area contributed by atoms with Gasteiger partial charge in [0, 0.05) is 34.7 Å². The molecular weight excluding hydrogens is 324 g/mol. The zero-order chi connectivity index (χ0) is 13.6. The zero-order valence-electron chi connectivity index (χ0n) is 10.6. The smallest absolute Gasteiger partial charge is 0.150 e. The first-order valence-corrected chi connectivity index (χ1v) is 9.75. The average Bonchev–Trinajstić information content (AvgIpc) is 3.17. The lowest BCUT2D eigenvalue weighted by Gasteiger charge is -2.02. The quantitative estimate of drug-likeness (QED) is 0.579. The maximum atomic E-state index is 4.28. The molecule has 20 heavy (non-hydrogen) atoms. The second kappa shape index (κ2) is 7.26. The van der Waals surface area contributed by atoms with Crippen molar-refractivity contribution in [3.05, 3.63) is 58.5 Å². The van der Waals surface area contributed by atoms with Crippen LogP contribution in [0.15, 0.2) is 56.1 Å². The van der Waals surface area contributed by atoms with E-state index in [0.717, 1.165) is 20.2 Å². The molecule has 0 spiro atoms. The maximum absolute atomic E-state index is 4.28. The number of nitrogens with zero attached hydrogens (tertiary/aromatic N) is 2. The molecule has 0 aliphatic rings. The summed E-state index contributed by atoms with van der Waals surface area (Å²) in [7, 11) is 0. The van der Waals surface area contributed by atoms with Gasteiger partial charge in [0.05, 0.1) is 0 Å². The van der Waals surface area contributed by atoms with Crippen LogP contribution in [-0.2, 0) is 11.5 Å². The summed E-state index contributed by atoms with van der Waals surface area (Å²) in [6, 6.07) is 8.83. The Hall–Kier alpha value is -0.820. The number of thioether (sulfide) groups is 2. The SMILES string of the molecule is c1csc(SCc2ccc(CSc3nccs3)cc2)n1. The molecule has 0 bridgehead atoms. The Balaban J connectivity index is 1.51. The van der Waals surface area contributed by atoms with E-state index < -0.39 is 0 Å². The Morgan fingerprint density at radius 1 is 0.750 bits per heavy atom. The topological polar surface area (TPSA) is 25.8 Å². The number of benzene rings is 1. The minimum atomic E-state index is 0.980. The molecule has 2 aromatic heterocycles. The van der Waals surface area contributed by atoms with Gasteiger partial charge in [-0.15, -0.1) is 22.7 Å². The van der Waals surface area contributed by atoms with Crippen LogP contribution in [0.4, 0.5) is 0 Å². The van der Waals surface area contributed by atoms with E-state index in [1.165, 1.54) is 11.1 Å². The van der Waals surface area contributed by atoms with Gasteiger partial charge in [0.2, 0.25) is 0 Å². The molecule has 0 saturated carbocycles. The summed E-state index contributed by atoms with van der Waals surface area (Å²) in [6.45, 7) is 0. The fraction of sp³-hybridized carbons (Fsp3) is 0.143. The minimum Gasteiger partial charge on any atom is -0.238 e. The van der Waals surface area contributed by atoms with E-state index in [1.54, 1.807) is 46.2 Å². The van der Waals surface area contributed by atoms with Crippen LogP contribution in [0.3, 0.4) is 0 Å². The first-order valence-electron chi connectivity index (χ1n) is 6.02. The van der Waals surface area contributed by atoms with Gasteiger partial charge in [-0.2, -0.15) is 0 Å². The normalized spacial score (nSPS) is 10.8. The van der Waals surface area contributed by atoms with E-state index in [0.29, 0.717) is 0 Å². The molecule has 0 N–H and O–H groups in total. The fourth-order valence-electron chi connectivity index (χ4n) is 1.59. The molecule has 0 atom stereocenters. The van der Waals surface area contributed by atoms with Crippen LogP contribution in [0.25, 0.3) is 0 Å². The van der Waals surface area contributed by atoms with Gasteiger partial charge in [0.1, 0.15) is 8.68 Å². The van der Waals surface area contributed by atoms with Gasteiger partial charge in [-0.05, 0) is 11.1 Å². The van der Waals surface area contributed by atoms with Crippen LogP contribution in [0.2, 0.25) is 0 Å². The highest BCUT2D eigenvalue weighted by atomic mass is 32.2. The average molecular weight is 337 g/mol. The van der Waals surface area contributed by atoms with Crippen LogP contribution in [0, 0.1) is 0 Å². The van der Waals surface area contributed by atoms with Crippen LogP contribution < -0.4 is 0 Å². The predicted molar refractivity (Wildman–Crippen MR) is 89.8 cm³/mol. The van der Waals surface area contributed by atoms with Crippen LogP contribution in [0.1, 0.15) is 11.1 Å². The van der Waals surface area contributed by atoms with Crippen LogP contribution in [-0.4, -0.2) is 9.97 Å². The van der Waals surface area contributed by atoms with Gasteiger partial charge in [0.25, 0.3) is 0 Å². The van der Waals surface area contributed by atoms with Crippen molar-refractivity contribution in [1.82, 2.24) is 9.97 Å². The summed E-state index contributed by atoms with van der Waals surface area (Å²) in [5.74, 6) is 1.96. The lowest BCUT2D eigenvalue weighted by atomic mass is 10.2. The van der Waals surface area contributed by atoms with E-state index in [1.807, 2.05) is 23.2 Å². The molecule has 0 fully saturated rings. The first-order chi connectivity index (χ1) is 9.90. The van der Waals surface area contributed by atoms with Gasteiger partial charge >= 0.3 is 0 Å². The lowest BCUT2D eigenvalue weighted by molar-refractivity contribution is 1.24. The molecule has 1 aromatic carbocycles. The maximum Gasteiger partial charge on any atom is 0.150 e. The molecule has 3 aromatic rings. The van der Waals surface area contributed by atoms with Crippen LogP contribution in [0.5, 0.6) is 0 Å². The summed E-state index contributed by atoms with van der Waals surface area (Å²) in [5, 5.41) is 4.03. The van der Waals surface area contributed by atoms with Crippen molar-refractivity contribution in [3.8, 4) is 0 Å². The van der Waals surface area contributed by atoms with E-state index in [9.17, 15) is 0 Å². The standard InChI is InChI=1S/C14H12N2S4/c1-2-12(10-20-14-16-6-8-18-14)4-3-11(1)9-19-13-15-5-7-17-13/h1-8H,9-10H2. The molecule has 0 radical (unpaired) electrons. The third-order valence-corrected chi connectivity index (χ3v) is 6.64. The third-order valence-electron chi connectivity index (χ3n) is 2.57. The zero-order valence-corrected chi connectivity index (χ0v) is 13.8. The summed E-state index contributed by atoms with van der Waals surface area (Å²) < 4.78 is 2.27. The summed E-state index contributed by atoms with van der Waals surface area (Å²) in [4.78, 5) is 8.56. The Kier molecular flexibility index (Phi) is 5.13. The van der Waals surface area contributed by atoms with Gasteiger partial charge in [-0.3, -0.25) is 0 Å². The molecule has 2 heterocycles. The molecule has 6 heteroatoms. The number of hydrogen-bond acceptors (Lipinski definition) is 6. The van der Waals surface area contributed by atoms with E-state index in [2.05, 4.69) is 34.2 Å². The van der Waals surface area contributed by atoms with E-state index in [-0.39, 0.29) is 0 Å². The van der Waals surface area contributed by atoms with Crippen molar-refractivity contribution in [1.29, 1.82) is 0 Å². The van der Waals surface area contributed by atoms with Gasteiger partial charge in [-0.25, -0.2) is 9.97 Å². The molecule has 2 nitrogen and oxygen atoms in total. The van der Waals surface area contributed by atoms with Gasteiger partial charge < -0.3 is 0 Å². The monoisotopic (exact) mass is 336 g/mol. The Labute approximate surface area is 134 Å².